The smallest absolute Gasteiger partial charge is 0.335 e. The molecule has 0 amide bonds. The van der Waals surface area contributed by atoms with Crippen LogP contribution in [-0.2, 0) is 13.1 Å². The zero-order valence-electron chi connectivity index (χ0n) is 19.7. The lowest BCUT2D eigenvalue weighted by atomic mass is 10.2. The quantitative estimate of drug-likeness (QED) is 0.302. The number of nitrogens with zero attached hydrogens (tertiary/aromatic N) is 4. The summed E-state index contributed by atoms with van der Waals surface area (Å²) in [6.07, 6.45) is 0.253. The van der Waals surface area contributed by atoms with Gasteiger partial charge in [-0.2, -0.15) is 0 Å². The maximum Gasteiger partial charge on any atom is 0.335 e. The molecule has 192 valence electrons. The van der Waals surface area contributed by atoms with Crippen LogP contribution in [0.25, 0.3) is 0 Å². The predicted molar refractivity (Wildman–Crippen MR) is 135 cm³/mol. The first-order valence-electron chi connectivity index (χ1n) is 11.2. The third kappa shape index (κ3) is 6.53. The minimum absolute atomic E-state index is 0.00714. The van der Waals surface area contributed by atoms with E-state index in [-0.39, 0.29) is 18.7 Å². The van der Waals surface area contributed by atoms with Crippen LogP contribution in [0.4, 0.5) is 5.69 Å². The number of H-pyrrole nitrogens is 1. The molecule has 0 radical (unpaired) electrons. The van der Waals surface area contributed by atoms with Crippen molar-refractivity contribution < 1.29 is 19.7 Å². The molecule has 0 saturated heterocycles. The topological polar surface area (TPSA) is 144 Å². The molecule has 0 saturated carbocycles. The molecule has 0 aliphatic heterocycles. The maximum atomic E-state index is 13.2. The fourth-order valence-electron chi connectivity index (χ4n) is 3.38. The Kier molecular flexibility index (Phi) is 8.18. The predicted octanol–water partition coefficient (Wildman–Crippen LogP) is 1.82. The zero-order valence-corrected chi connectivity index (χ0v) is 20.5. The summed E-state index contributed by atoms with van der Waals surface area (Å²) in [4.78, 5) is 37.0. The number of ether oxygens (including phenoxy) is 2. The van der Waals surface area contributed by atoms with Crippen LogP contribution in [-0.4, -0.2) is 49.1 Å². The van der Waals surface area contributed by atoms with Crippen LogP contribution in [0.1, 0.15) is 5.56 Å². The first-order valence-corrected chi connectivity index (χ1v) is 11.5. The van der Waals surface area contributed by atoms with Crippen LogP contribution in [0, 0.1) is 0 Å². The number of aromatic amines is 1. The zero-order chi connectivity index (χ0) is 26.4. The number of hydrogen-bond acceptors (Lipinski definition) is 8. The number of benzene rings is 2. The van der Waals surface area contributed by atoms with Crippen molar-refractivity contribution in [2.45, 2.75) is 19.2 Å². The molecule has 0 aliphatic rings. The minimum Gasteiger partial charge on any atom is -0.481 e. The number of halogens is 1. The molecule has 4 rings (SSSR count). The van der Waals surface area contributed by atoms with Crippen molar-refractivity contribution in [3.05, 3.63) is 104 Å². The van der Waals surface area contributed by atoms with Crippen molar-refractivity contribution in [1.82, 2.24) is 19.1 Å². The highest BCUT2D eigenvalue weighted by Gasteiger charge is 2.13. The number of rotatable bonds is 9. The summed E-state index contributed by atoms with van der Waals surface area (Å²) in [5.41, 5.74) is -0.269. The second-order valence-corrected chi connectivity index (χ2v) is 8.38. The fraction of sp³-hybridized carbons (Fsp3) is 0.200. The molecule has 1 atom stereocenters. The molecular formula is C25H24ClN5O6. The van der Waals surface area contributed by atoms with E-state index in [9.17, 15) is 14.7 Å². The highest BCUT2D eigenvalue weighted by atomic mass is 35.5. The summed E-state index contributed by atoms with van der Waals surface area (Å²) in [7, 11) is 1.53. The second-order valence-electron chi connectivity index (χ2n) is 7.94. The van der Waals surface area contributed by atoms with Crippen molar-refractivity contribution in [2.75, 3.05) is 13.7 Å². The minimum atomic E-state index is -1.28. The molecule has 37 heavy (non-hydrogen) atoms. The van der Waals surface area contributed by atoms with Crippen LogP contribution in [0.3, 0.4) is 0 Å². The van der Waals surface area contributed by atoms with Gasteiger partial charge in [-0.15, -0.1) is 0 Å². The monoisotopic (exact) mass is 525 g/mol. The molecule has 12 heteroatoms. The Bertz CT molecular complexity index is 1530. The standard InChI is InChI=1S/C25H24ClN5O6/c1-36-22-11-10-21(12-27-22)37-20-8-6-18(7-9-20)28-23-29-24(34)31(14-19(33)15-32)25(35)30(23)13-16-2-4-17(26)5-3-16/h2-12,19,32-33H,13-15H2,1H3,(H,28,29,34). The van der Waals surface area contributed by atoms with Gasteiger partial charge in [0.2, 0.25) is 11.5 Å². The van der Waals surface area contributed by atoms with Gasteiger partial charge in [-0.3, -0.25) is 9.55 Å². The average molecular weight is 526 g/mol. The van der Waals surface area contributed by atoms with Crippen LogP contribution < -0.4 is 26.5 Å². The SMILES string of the molecule is COc1ccc(Oc2ccc(/N=c3\[nH]c(=O)n(CC(O)CO)c(=O)n3Cc3ccc(Cl)cc3)cc2)cn1. The van der Waals surface area contributed by atoms with E-state index in [1.807, 2.05) is 0 Å². The molecular weight excluding hydrogens is 502 g/mol. The van der Waals surface area contributed by atoms with E-state index in [2.05, 4.69) is 15.0 Å². The lowest BCUT2D eigenvalue weighted by molar-refractivity contribution is 0.0783. The average Bonchev–Trinajstić information content (AvgIpc) is 2.91. The molecule has 2 aromatic heterocycles. The first kappa shape index (κ1) is 25.9. The normalized spacial score (nSPS) is 12.4. The summed E-state index contributed by atoms with van der Waals surface area (Å²) >= 11 is 5.97. The number of pyridine rings is 1. The van der Waals surface area contributed by atoms with E-state index >= 15 is 0 Å². The highest BCUT2D eigenvalue weighted by molar-refractivity contribution is 6.30. The van der Waals surface area contributed by atoms with Gasteiger partial charge < -0.3 is 19.7 Å². The van der Waals surface area contributed by atoms with Crippen LogP contribution in [0.2, 0.25) is 5.02 Å². The molecule has 11 nitrogen and oxygen atoms in total. The number of nitrogens with one attached hydrogen (secondary N) is 1. The number of aliphatic hydroxyl groups excluding tert-OH is 2. The Balaban J connectivity index is 1.70. The molecule has 3 N–H and O–H groups in total. The molecule has 1 unspecified atom stereocenters. The van der Waals surface area contributed by atoms with Crippen LogP contribution in [0.15, 0.2) is 81.4 Å². The van der Waals surface area contributed by atoms with Gasteiger partial charge in [0.25, 0.3) is 0 Å². The highest BCUT2D eigenvalue weighted by Crippen LogP contribution is 2.24. The summed E-state index contributed by atoms with van der Waals surface area (Å²) in [6, 6.07) is 17.0. The third-order valence-corrected chi connectivity index (χ3v) is 5.52. The van der Waals surface area contributed by atoms with Crippen molar-refractivity contribution in [3.8, 4) is 17.4 Å². The van der Waals surface area contributed by atoms with Gasteiger partial charge in [0, 0.05) is 11.1 Å². The Morgan fingerprint density at radius 1 is 1.03 bits per heavy atom. The third-order valence-electron chi connectivity index (χ3n) is 5.27. The summed E-state index contributed by atoms with van der Waals surface area (Å²) in [6.45, 7) is -0.902. The molecule has 2 heterocycles. The van der Waals surface area contributed by atoms with E-state index in [0.717, 1.165) is 10.1 Å². The van der Waals surface area contributed by atoms with E-state index in [1.54, 1.807) is 60.7 Å². The van der Waals surface area contributed by atoms with Crippen molar-refractivity contribution in [2.24, 2.45) is 4.99 Å². The van der Waals surface area contributed by atoms with Gasteiger partial charge in [-0.05, 0) is 48.0 Å². The molecule has 0 spiro atoms. The summed E-state index contributed by atoms with van der Waals surface area (Å²) in [5, 5.41) is 19.5. The van der Waals surface area contributed by atoms with Crippen LogP contribution >= 0.6 is 11.6 Å². The Labute approximate surface area is 215 Å². The molecule has 0 fully saturated rings. The number of hydrogen-bond donors (Lipinski definition) is 3. The first-order chi connectivity index (χ1) is 17.9. The molecule has 0 bridgehead atoms. The van der Waals surface area contributed by atoms with Gasteiger partial charge in [-0.25, -0.2) is 24.1 Å². The van der Waals surface area contributed by atoms with Gasteiger partial charge >= 0.3 is 11.4 Å². The molecule has 2 aromatic carbocycles. The summed E-state index contributed by atoms with van der Waals surface area (Å²) in [5.74, 6) is 1.52. The molecule has 4 aromatic rings. The Morgan fingerprint density at radius 3 is 2.35 bits per heavy atom. The lowest BCUT2D eigenvalue weighted by Crippen LogP contribution is -2.51. The van der Waals surface area contributed by atoms with Gasteiger partial charge in [0.1, 0.15) is 11.5 Å². The van der Waals surface area contributed by atoms with Gasteiger partial charge in [0.05, 0.1) is 44.8 Å². The summed E-state index contributed by atoms with van der Waals surface area (Å²) < 4.78 is 12.9. The van der Waals surface area contributed by atoms with Crippen molar-refractivity contribution in [1.29, 1.82) is 0 Å². The van der Waals surface area contributed by atoms with E-state index in [1.165, 1.54) is 17.9 Å². The van der Waals surface area contributed by atoms with E-state index in [0.29, 0.717) is 28.1 Å². The second kappa shape index (κ2) is 11.7. The van der Waals surface area contributed by atoms with Gasteiger partial charge in [0.15, 0.2) is 0 Å². The van der Waals surface area contributed by atoms with E-state index < -0.39 is 24.1 Å². The largest absolute Gasteiger partial charge is 0.481 e. The van der Waals surface area contributed by atoms with Crippen LogP contribution in [0.5, 0.6) is 17.4 Å². The lowest BCUT2D eigenvalue weighted by Gasteiger charge is -2.13. The number of aliphatic hydroxyl groups is 2. The maximum absolute atomic E-state index is 13.2. The molecule has 0 aliphatic carbocycles. The number of aromatic nitrogens is 4. The fourth-order valence-corrected chi connectivity index (χ4v) is 3.51. The van der Waals surface area contributed by atoms with Crippen molar-refractivity contribution in [3.63, 3.8) is 0 Å². The number of methoxy groups -OCH3 is 1. The Hall–Kier alpha value is -4.19. The van der Waals surface area contributed by atoms with E-state index in [4.69, 9.17) is 26.2 Å². The van der Waals surface area contributed by atoms with Crippen molar-refractivity contribution >= 4 is 17.3 Å². The van der Waals surface area contributed by atoms with Gasteiger partial charge in [-0.1, -0.05) is 23.7 Å². The Morgan fingerprint density at radius 2 is 1.73 bits per heavy atom.